The minimum atomic E-state index is -3.86. The Hall–Kier alpha value is -1.55. The standard InChI is InChI=1S/C18H27ClN2O6S/c1-17(2,3)27-16(23)20-10-18(11-20,12-22)21(28(24,25)13-19)9-14-5-7-15(26-4)8-6-14/h5-8,22H,9-13H2,1-4H3. The number of aliphatic hydroxyl groups excluding tert-OH is 1. The van der Waals surface area contributed by atoms with Crippen LogP contribution in [0.15, 0.2) is 24.3 Å². The van der Waals surface area contributed by atoms with Crippen LogP contribution in [0.5, 0.6) is 5.75 Å². The molecule has 1 N–H and O–H groups in total. The first kappa shape index (κ1) is 22.7. The van der Waals surface area contributed by atoms with Gasteiger partial charge in [0.15, 0.2) is 0 Å². The van der Waals surface area contributed by atoms with Crippen LogP contribution >= 0.6 is 11.6 Å². The molecule has 1 fully saturated rings. The Kier molecular flexibility index (Phi) is 6.86. The van der Waals surface area contributed by atoms with Gasteiger partial charge in [-0.05, 0) is 38.5 Å². The average Bonchev–Trinajstić information content (AvgIpc) is 2.59. The number of hydrogen-bond donors (Lipinski definition) is 1. The molecular weight excluding hydrogens is 408 g/mol. The van der Waals surface area contributed by atoms with Gasteiger partial charge in [-0.15, -0.1) is 11.6 Å². The van der Waals surface area contributed by atoms with E-state index in [1.165, 1.54) is 9.21 Å². The van der Waals surface area contributed by atoms with Gasteiger partial charge in [0.2, 0.25) is 10.0 Å². The van der Waals surface area contributed by atoms with Gasteiger partial charge in [0.1, 0.15) is 16.6 Å². The Morgan fingerprint density at radius 1 is 1.29 bits per heavy atom. The summed E-state index contributed by atoms with van der Waals surface area (Å²) >= 11 is 5.70. The fraction of sp³-hybridized carbons (Fsp3) is 0.611. The summed E-state index contributed by atoms with van der Waals surface area (Å²) in [5.41, 5.74) is -1.11. The van der Waals surface area contributed by atoms with Crippen molar-refractivity contribution < 1.29 is 27.8 Å². The molecule has 0 saturated carbocycles. The number of carbonyl (C=O) groups is 1. The summed E-state index contributed by atoms with van der Waals surface area (Å²) in [6.45, 7) is 4.85. The van der Waals surface area contributed by atoms with Gasteiger partial charge in [0.25, 0.3) is 0 Å². The largest absolute Gasteiger partial charge is 0.497 e. The van der Waals surface area contributed by atoms with E-state index >= 15 is 0 Å². The number of hydrogen-bond acceptors (Lipinski definition) is 6. The van der Waals surface area contributed by atoms with Gasteiger partial charge >= 0.3 is 6.09 Å². The fourth-order valence-corrected chi connectivity index (χ4v) is 4.55. The van der Waals surface area contributed by atoms with Crippen molar-refractivity contribution >= 4 is 27.7 Å². The maximum atomic E-state index is 12.7. The lowest BCUT2D eigenvalue weighted by Gasteiger charge is -2.53. The molecule has 8 nitrogen and oxygen atoms in total. The van der Waals surface area contributed by atoms with Crippen LogP contribution in [0.25, 0.3) is 0 Å². The van der Waals surface area contributed by atoms with Crippen LogP contribution in [0.3, 0.4) is 0 Å². The maximum Gasteiger partial charge on any atom is 0.410 e. The lowest BCUT2D eigenvalue weighted by atomic mass is 9.90. The molecule has 1 amide bonds. The Bertz CT molecular complexity index is 785. The molecule has 1 aromatic rings. The third-order valence-corrected chi connectivity index (χ3v) is 6.70. The first-order chi connectivity index (χ1) is 13.0. The molecule has 1 aliphatic rings. The Balaban J connectivity index is 2.23. The topological polar surface area (TPSA) is 96.4 Å². The summed E-state index contributed by atoms with van der Waals surface area (Å²) in [7, 11) is -2.32. The number of likely N-dealkylation sites (tertiary alicyclic amines) is 1. The normalized spacial score (nSPS) is 16.6. The van der Waals surface area contributed by atoms with Gasteiger partial charge < -0.3 is 19.5 Å². The number of aliphatic hydroxyl groups is 1. The van der Waals surface area contributed by atoms with Crippen LogP contribution in [0.4, 0.5) is 4.79 Å². The number of ether oxygens (including phenoxy) is 2. The number of sulfonamides is 1. The van der Waals surface area contributed by atoms with Crippen LogP contribution in [-0.2, 0) is 21.3 Å². The molecular formula is C18H27ClN2O6S. The van der Waals surface area contributed by atoms with Crippen molar-refractivity contribution in [2.24, 2.45) is 0 Å². The molecule has 1 heterocycles. The third kappa shape index (κ3) is 5.08. The molecule has 1 saturated heterocycles. The number of alkyl halides is 1. The zero-order valence-electron chi connectivity index (χ0n) is 16.5. The van der Waals surface area contributed by atoms with Crippen LogP contribution in [0.1, 0.15) is 26.3 Å². The van der Waals surface area contributed by atoms with Gasteiger partial charge in [-0.1, -0.05) is 12.1 Å². The summed E-state index contributed by atoms with van der Waals surface area (Å²) in [6.07, 6.45) is -0.552. The van der Waals surface area contributed by atoms with Gasteiger partial charge in [-0.3, -0.25) is 0 Å². The van der Waals surface area contributed by atoms with Crippen molar-refractivity contribution in [2.75, 3.05) is 32.0 Å². The molecule has 0 aliphatic carbocycles. The maximum absolute atomic E-state index is 12.7. The molecule has 0 bridgehead atoms. The van der Waals surface area contributed by atoms with E-state index in [0.29, 0.717) is 11.3 Å². The van der Waals surface area contributed by atoms with E-state index in [0.717, 1.165) is 0 Å². The smallest absolute Gasteiger partial charge is 0.410 e. The second-order valence-electron chi connectivity index (χ2n) is 7.79. The Morgan fingerprint density at radius 2 is 1.86 bits per heavy atom. The van der Waals surface area contributed by atoms with Crippen LogP contribution in [0, 0.1) is 0 Å². The minimum Gasteiger partial charge on any atom is -0.497 e. The number of methoxy groups -OCH3 is 1. The van der Waals surface area contributed by atoms with E-state index in [1.54, 1.807) is 52.1 Å². The lowest BCUT2D eigenvalue weighted by molar-refractivity contribution is -0.0609. The highest BCUT2D eigenvalue weighted by atomic mass is 35.5. The molecule has 0 atom stereocenters. The molecule has 0 unspecified atom stereocenters. The quantitative estimate of drug-likeness (QED) is 0.659. The van der Waals surface area contributed by atoms with E-state index in [1.807, 2.05) is 0 Å². The summed E-state index contributed by atoms with van der Waals surface area (Å²) in [5, 5.41) is 9.38. The Labute approximate surface area is 171 Å². The van der Waals surface area contributed by atoms with E-state index in [2.05, 4.69) is 0 Å². The fourth-order valence-electron chi connectivity index (χ4n) is 2.97. The van der Waals surface area contributed by atoms with Crippen molar-refractivity contribution in [3.05, 3.63) is 29.8 Å². The molecule has 1 aromatic carbocycles. The number of nitrogens with zero attached hydrogens (tertiary/aromatic N) is 2. The minimum absolute atomic E-state index is 0.0156. The summed E-state index contributed by atoms with van der Waals surface area (Å²) < 4.78 is 36.9. The summed E-state index contributed by atoms with van der Waals surface area (Å²) in [6, 6.07) is 6.93. The number of benzene rings is 1. The van der Waals surface area contributed by atoms with Crippen molar-refractivity contribution in [1.82, 2.24) is 9.21 Å². The predicted octanol–water partition coefficient (Wildman–Crippen LogP) is 2.01. The first-order valence-corrected chi connectivity index (χ1v) is 10.9. The van der Waals surface area contributed by atoms with Crippen molar-refractivity contribution in [3.63, 3.8) is 0 Å². The highest BCUT2D eigenvalue weighted by Crippen LogP contribution is 2.33. The van der Waals surface area contributed by atoms with Crippen LogP contribution in [0.2, 0.25) is 0 Å². The number of rotatable bonds is 7. The molecule has 2 rings (SSSR count). The van der Waals surface area contributed by atoms with Gasteiger partial charge in [0, 0.05) is 19.6 Å². The monoisotopic (exact) mass is 434 g/mol. The van der Waals surface area contributed by atoms with Crippen LogP contribution < -0.4 is 4.74 Å². The van der Waals surface area contributed by atoms with Gasteiger partial charge in [-0.2, -0.15) is 4.31 Å². The van der Waals surface area contributed by atoms with Crippen molar-refractivity contribution in [1.29, 1.82) is 0 Å². The molecule has 0 aromatic heterocycles. The second-order valence-corrected chi connectivity index (χ2v) is 10.3. The first-order valence-electron chi connectivity index (χ1n) is 8.74. The zero-order valence-corrected chi connectivity index (χ0v) is 18.1. The number of amides is 1. The van der Waals surface area contributed by atoms with E-state index in [4.69, 9.17) is 21.1 Å². The molecule has 0 spiro atoms. The highest BCUT2D eigenvalue weighted by Gasteiger charge is 2.54. The van der Waals surface area contributed by atoms with E-state index in [-0.39, 0.29) is 19.6 Å². The van der Waals surface area contributed by atoms with Crippen LogP contribution in [-0.4, -0.2) is 72.0 Å². The van der Waals surface area contributed by atoms with Gasteiger partial charge in [-0.25, -0.2) is 13.2 Å². The highest BCUT2D eigenvalue weighted by molar-refractivity contribution is 7.90. The summed E-state index contributed by atoms with van der Waals surface area (Å²) in [4.78, 5) is 13.6. The molecule has 158 valence electrons. The second kappa shape index (κ2) is 8.44. The Morgan fingerprint density at radius 3 is 2.29 bits per heavy atom. The SMILES string of the molecule is COc1ccc(CN(C2(CO)CN(C(=O)OC(C)(C)C)C2)S(=O)(=O)CCl)cc1. The van der Waals surface area contributed by atoms with E-state index in [9.17, 15) is 18.3 Å². The van der Waals surface area contributed by atoms with E-state index < -0.39 is 39.1 Å². The predicted molar refractivity (Wildman–Crippen MR) is 106 cm³/mol. The third-order valence-electron chi connectivity index (χ3n) is 4.40. The van der Waals surface area contributed by atoms with Crippen molar-refractivity contribution in [2.45, 2.75) is 38.5 Å². The molecule has 1 aliphatic heterocycles. The lowest BCUT2D eigenvalue weighted by Crippen LogP contribution is -2.74. The number of carbonyl (C=O) groups excluding carboxylic acids is 1. The van der Waals surface area contributed by atoms with Gasteiger partial charge in [0.05, 0.1) is 19.3 Å². The molecule has 0 radical (unpaired) electrons. The zero-order chi connectivity index (χ0) is 21.2. The number of halogens is 1. The molecule has 28 heavy (non-hydrogen) atoms. The summed E-state index contributed by atoms with van der Waals surface area (Å²) in [5.74, 6) is 0.645. The average molecular weight is 435 g/mol. The molecule has 10 heteroatoms. The van der Waals surface area contributed by atoms with Crippen molar-refractivity contribution in [3.8, 4) is 5.75 Å².